The van der Waals surface area contributed by atoms with E-state index in [-0.39, 0.29) is 0 Å². The van der Waals surface area contributed by atoms with E-state index in [0.717, 1.165) is 16.8 Å². The summed E-state index contributed by atoms with van der Waals surface area (Å²) in [5, 5.41) is 0.705. The van der Waals surface area contributed by atoms with E-state index in [1.807, 2.05) is 19.9 Å². The number of rotatable bonds is 3. The fraction of sp³-hybridized carbons (Fsp3) is 0.231. The Balaban J connectivity index is 2.23. The van der Waals surface area contributed by atoms with Gasteiger partial charge in [0.2, 0.25) is 0 Å². The molecule has 0 fully saturated rings. The molecule has 94 valence electrons. The number of aryl methyl sites for hydroxylation is 2. The normalized spacial score (nSPS) is 10.4. The first-order valence-corrected chi connectivity index (χ1v) is 6.34. The molecule has 5 heteroatoms. The van der Waals surface area contributed by atoms with Crippen LogP contribution >= 0.6 is 23.2 Å². The Morgan fingerprint density at radius 2 is 2.06 bits per heavy atom. The van der Waals surface area contributed by atoms with E-state index in [1.54, 1.807) is 18.3 Å². The van der Waals surface area contributed by atoms with E-state index in [9.17, 15) is 0 Å². The third kappa shape index (κ3) is 2.92. The summed E-state index contributed by atoms with van der Waals surface area (Å²) in [7, 11) is 0. The molecule has 0 saturated carbocycles. The zero-order valence-electron chi connectivity index (χ0n) is 10.1. The number of hydrogen-bond acceptors (Lipinski definition) is 3. The third-order valence-electron chi connectivity index (χ3n) is 2.54. The zero-order valence-corrected chi connectivity index (χ0v) is 11.6. The second kappa shape index (κ2) is 5.55. The van der Waals surface area contributed by atoms with Gasteiger partial charge in [-0.1, -0.05) is 11.6 Å². The first-order valence-electron chi connectivity index (χ1n) is 5.42. The molecule has 0 amide bonds. The summed E-state index contributed by atoms with van der Waals surface area (Å²) in [5.74, 6) is 1.06. The van der Waals surface area contributed by atoms with Crippen LogP contribution in [0.4, 0.5) is 0 Å². The predicted octanol–water partition coefficient (Wildman–Crippen LogP) is 4.28. The molecular formula is C13H12Cl2N2O. The van der Waals surface area contributed by atoms with E-state index in [0.29, 0.717) is 22.7 Å². The number of aromatic nitrogens is 2. The van der Waals surface area contributed by atoms with Gasteiger partial charge in [-0.25, -0.2) is 4.98 Å². The van der Waals surface area contributed by atoms with Crippen molar-refractivity contribution in [3.8, 4) is 11.8 Å². The topological polar surface area (TPSA) is 35.0 Å². The summed E-state index contributed by atoms with van der Waals surface area (Å²) in [6, 6.07) is 5.72. The van der Waals surface area contributed by atoms with Crippen molar-refractivity contribution in [3.05, 3.63) is 46.2 Å². The lowest BCUT2D eigenvalue weighted by atomic mass is 10.2. The second-order valence-electron chi connectivity index (χ2n) is 3.91. The largest absolute Gasteiger partial charge is 0.424 e. The fourth-order valence-corrected chi connectivity index (χ4v) is 1.82. The van der Waals surface area contributed by atoms with Gasteiger partial charge < -0.3 is 4.74 Å². The number of halogens is 2. The number of benzene rings is 1. The molecule has 2 rings (SSSR count). The average molecular weight is 283 g/mol. The molecule has 0 aliphatic carbocycles. The van der Waals surface area contributed by atoms with Gasteiger partial charge in [-0.3, -0.25) is 0 Å². The van der Waals surface area contributed by atoms with Crippen LogP contribution in [0, 0.1) is 13.8 Å². The van der Waals surface area contributed by atoms with Gasteiger partial charge in [0.25, 0.3) is 0 Å². The van der Waals surface area contributed by atoms with Crippen LogP contribution in [0.15, 0.2) is 24.4 Å². The van der Waals surface area contributed by atoms with Gasteiger partial charge >= 0.3 is 6.01 Å². The Labute approximate surface area is 116 Å². The molecular weight excluding hydrogens is 271 g/mol. The lowest BCUT2D eigenvalue weighted by Gasteiger charge is -2.07. The van der Waals surface area contributed by atoms with Crippen molar-refractivity contribution in [1.82, 2.24) is 9.97 Å². The highest BCUT2D eigenvalue weighted by Gasteiger charge is 2.05. The quantitative estimate of drug-likeness (QED) is 0.789. The first-order chi connectivity index (χ1) is 8.60. The minimum atomic E-state index is 0.308. The smallest absolute Gasteiger partial charge is 0.322 e. The Bertz CT molecular complexity index is 573. The Hall–Kier alpha value is -1.32. The van der Waals surface area contributed by atoms with Crippen LogP contribution in [0.25, 0.3) is 0 Å². The summed E-state index contributed by atoms with van der Waals surface area (Å²) in [5.41, 5.74) is 2.67. The van der Waals surface area contributed by atoms with Crippen LogP contribution in [0.1, 0.15) is 16.8 Å². The third-order valence-corrected chi connectivity index (χ3v) is 3.25. The molecule has 3 nitrogen and oxygen atoms in total. The van der Waals surface area contributed by atoms with Crippen LogP contribution in [0.2, 0.25) is 5.02 Å². The maximum atomic E-state index is 5.95. The Morgan fingerprint density at radius 3 is 2.67 bits per heavy atom. The molecule has 0 aliphatic heterocycles. The highest BCUT2D eigenvalue weighted by Crippen LogP contribution is 2.24. The van der Waals surface area contributed by atoms with E-state index in [2.05, 4.69) is 9.97 Å². The van der Waals surface area contributed by atoms with Crippen molar-refractivity contribution in [1.29, 1.82) is 0 Å². The molecule has 1 aromatic heterocycles. The van der Waals surface area contributed by atoms with Gasteiger partial charge in [-0.05, 0) is 37.6 Å². The van der Waals surface area contributed by atoms with E-state index < -0.39 is 0 Å². The monoisotopic (exact) mass is 282 g/mol. The maximum Gasteiger partial charge on any atom is 0.322 e. The number of nitrogens with zero attached hydrogens (tertiary/aromatic N) is 2. The summed E-state index contributed by atoms with van der Waals surface area (Å²) >= 11 is 11.7. The Kier molecular flexibility index (Phi) is 4.04. The minimum Gasteiger partial charge on any atom is -0.424 e. The van der Waals surface area contributed by atoms with Crippen LogP contribution < -0.4 is 4.74 Å². The standard InChI is InChI=1S/C13H12Cl2N2O/c1-8-5-11(3-4-12(8)15)18-13-16-7-10(6-14)9(2)17-13/h3-5,7H,6H2,1-2H3. The number of alkyl halides is 1. The van der Waals surface area contributed by atoms with Crippen molar-refractivity contribution in [2.45, 2.75) is 19.7 Å². The van der Waals surface area contributed by atoms with E-state index >= 15 is 0 Å². The molecule has 0 unspecified atom stereocenters. The maximum absolute atomic E-state index is 5.95. The summed E-state index contributed by atoms with van der Waals surface area (Å²) in [6.45, 7) is 3.79. The SMILES string of the molecule is Cc1cc(Oc2ncc(CCl)c(C)n2)ccc1Cl. The highest BCUT2D eigenvalue weighted by atomic mass is 35.5. The fourth-order valence-electron chi connectivity index (χ4n) is 1.44. The molecule has 18 heavy (non-hydrogen) atoms. The second-order valence-corrected chi connectivity index (χ2v) is 4.58. The molecule has 2 aromatic rings. The molecule has 0 radical (unpaired) electrons. The van der Waals surface area contributed by atoms with E-state index in [1.165, 1.54) is 0 Å². The molecule has 1 heterocycles. The van der Waals surface area contributed by atoms with Gasteiger partial charge in [0.15, 0.2) is 0 Å². The van der Waals surface area contributed by atoms with Crippen molar-refractivity contribution < 1.29 is 4.74 Å². The molecule has 0 spiro atoms. The average Bonchev–Trinajstić information content (AvgIpc) is 2.34. The summed E-state index contributed by atoms with van der Waals surface area (Å²) in [4.78, 5) is 8.35. The van der Waals surface area contributed by atoms with Gasteiger partial charge in [0.05, 0.1) is 5.88 Å². The molecule has 0 N–H and O–H groups in total. The number of hydrogen-bond donors (Lipinski definition) is 0. The lowest BCUT2D eigenvalue weighted by Crippen LogP contribution is -1.97. The zero-order chi connectivity index (χ0) is 13.1. The molecule has 0 atom stereocenters. The van der Waals surface area contributed by atoms with Crippen LogP contribution in [0.5, 0.6) is 11.8 Å². The van der Waals surface area contributed by atoms with E-state index in [4.69, 9.17) is 27.9 Å². The molecule has 0 aliphatic rings. The minimum absolute atomic E-state index is 0.308. The van der Waals surface area contributed by atoms with Crippen LogP contribution in [-0.2, 0) is 5.88 Å². The Morgan fingerprint density at radius 1 is 1.28 bits per heavy atom. The van der Waals surface area contributed by atoms with Gasteiger partial charge in [0, 0.05) is 22.5 Å². The van der Waals surface area contributed by atoms with Crippen LogP contribution in [-0.4, -0.2) is 9.97 Å². The van der Waals surface area contributed by atoms with Crippen molar-refractivity contribution in [2.75, 3.05) is 0 Å². The molecule has 0 saturated heterocycles. The van der Waals surface area contributed by atoms with Crippen molar-refractivity contribution in [3.63, 3.8) is 0 Å². The summed E-state index contributed by atoms with van der Waals surface area (Å²) in [6.07, 6.45) is 1.67. The van der Waals surface area contributed by atoms with Crippen LogP contribution in [0.3, 0.4) is 0 Å². The first kappa shape index (κ1) is 13.1. The lowest BCUT2D eigenvalue weighted by molar-refractivity contribution is 0.439. The van der Waals surface area contributed by atoms with Gasteiger partial charge in [0.1, 0.15) is 5.75 Å². The van der Waals surface area contributed by atoms with Gasteiger partial charge in [-0.2, -0.15) is 4.98 Å². The molecule has 1 aromatic carbocycles. The van der Waals surface area contributed by atoms with Crippen molar-refractivity contribution in [2.24, 2.45) is 0 Å². The predicted molar refractivity (Wildman–Crippen MR) is 72.6 cm³/mol. The highest BCUT2D eigenvalue weighted by molar-refractivity contribution is 6.31. The summed E-state index contributed by atoms with van der Waals surface area (Å²) < 4.78 is 5.57. The number of ether oxygens (including phenoxy) is 1. The van der Waals surface area contributed by atoms with Crippen molar-refractivity contribution >= 4 is 23.2 Å². The molecule has 0 bridgehead atoms. The van der Waals surface area contributed by atoms with Gasteiger partial charge in [-0.15, -0.1) is 11.6 Å².